The molecule has 0 aliphatic rings. The summed E-state index contributed by atoms with van der Waals surface area (Å²) in [7, 11) is 0. The molecule has 0 aliphatic carbocycles. The van der Waals surface area contributed by atoms with Crippen LogP contribution in [0.3, 0.4) is 0 Å². The lowest BCUT2D eigenvalue weighted by Crippen LogP contribution is -1.92. The number of rotatable bonds is 4. The second-order valence-corrected chi connectivity index (χ2v) is 3.91. The van der Waals surface area contributed by atoms with Crippen LogP contribution in [0.2, 0.25) is 0 Å². The van der Waals surface area contributed by atoms with Gasteiger partial charge in [0.05, 0.1) is 6.10 Å². The van der Waals surface area contributed by atoms with Gasteiger partial charge in [0.25, 0.3) is 0 Å². The minimum absolute atomic E-state index is 0.463. The van der Waals surface area contributed by atoms with Crippen molar-refractivity contribution in [2.75, 3.05) is 0 Å². The Bertz CT molecular complexity index is 275. The quantitative estimate of drug-likeness (QED) is 0.722. The molecule has 0 radical (unpaired) electrons. The van der Waals surface area contributed by atoms with Gasteiger partial charge in [0, 0.05) is 0 Å². The molecular weight excluding hydrogens is 172 g/mol. The van der Waals surface area contributed by atoms with Crippen molar-refractivity contribution in [1.82, 2.24) is 0 Å². The van der Waals surface area contributed by atoms with Crippen LogP contribution >= 0.6 is 0 Å². The molecular formula is C13H18O. The lowest BCUT2D eigenvalue weighted by atomic mass is 10.1. The Balaban J connectivity index is 2.50. The molecule has 0 unspecified atom stereocenters. The van der Waals surface area contributed by atoms with Crippen LogP contribution in [-0.2, 0) is 0 Å². The van der Waals surface area contributed by atoms with Crippen LogP contribution in [0.25, 0.3) is 0 Å². The Morgan fingerprint density at radius 3 is 2.43 bits per heavy atom. The van der Waals surface area contributed by atoms with Gasteiger partial charge in [-0.3, -0.25) is 0 Å². The summed E-state index contributed by atoms with van der Waals surface area (Å²) in [5.41, 5.74) is 0.951. The summed E-state index contributed by atoms with van der Waals surface area (Å²) >= 11 is 0. The van der Waals surface area contributed by atoms with E-state index in [0.717, 1.165) is 12.0 Å². The molecule has 1 aromatic rings. The molecule has 0 fully saturated rings. The van der Waals surface area contributed by atoms with Crippen LogP contribution in [0.4, 0.5) is 0 Å². The summed E-state index contributed by atoms with van der Waals surface area (Å²) in [6, 6.07) is 9.70. The summed E-state index contributed by atoms with van der Waals surface area (Å²) in [5, 5.41) is 9.75. The highest BCUT2D eigenvalue weighted by Crippen LogP contribution is 2.14. The normalized spacial score (nSPS) is 13.7. The van der Waals surface area contributed by atoms with Crippen LogP contribution in [0, 0.1) is 5.92 Å². The number of allylic oxidation sites excluding steroid dienone is 1. The number of aliphatic hydroxyl groups is 1. The van der Waals surface area contributed by atoms with Crippen molar-refractivity contribution in [3.63, 3.8) is 0 Å². The predicted octanol–water partition coefficient (Wildman–Crippen LogP) is 3.32. The monoisotopic (exact) mass is 190 g/mol. The Labute approximate surface area is 86.1 Å². The average Bonchev–Trinajstić information content (AvgIpc) is 2.18. The molecule has 0 aliphatic heterocycles. The molecule has 1 rings (SSSR count). The standard InChI is InChI=1S/C13H18O/c1-11(2)7-6-10-13(14)12-8-4-3-5-9-12/h3-6,8-11,13-14H,7H2,1-2H3/b10-6-/t13-/m1/s1. The zero-order valence-corrected chi connectivity index (χ0v) is 8.85. The van der Waals surface area contributed by atoms with Gasteiger partial charge in [0.2, 0.25) is 0 Å². The summed E-state index contributed by atoms with van der Waals surface area (Å²) in [5.74, 6) is 0.647. The van der Waals surface area contributed by atoms with Crippen molar-refractivity contribution >= 4 is 0 Å². The smallest absolute Gasteiger partial charge is 0.0971 e. The molecule has 0 amide bonds. The Morgan fingerprint density at radius 1 is 1.21 bits per heavy atom. The maximum atomic E-state index is 9.75. The molecule has 0 aromatic heterocycles. The molecule has 0 bridgehead atoms. The minimum Gasteiger partial charge on any atom is -0.384 e. The first-order valence-corrected chi connectivity index (χ1v) is 5.10. The summed E-state index contributed by atoms with van der Waals surface area (Å²) in [6.45, 7) is 4.33. The third-order valence-electron chi connectivity index (χ3n) is 2.07. The van der Waals surface area contributed by atoms with E-state index in [2.05, 4.69) is 13.8 Å². The van der Waals surface area contributed by atoms with Gasteiger partial charge < -0.3 is 5.11 Å². The molecule has 1 aromatic carbocycles. The molecule has 1 heteroatoms. The Morgan fingerprint density at radius 2 is 1.86 bits per heavy atom. The van der Waals surface area contributed by atoms with Crippen molar-refractivity contribution in [3.8, 4) is 0 Å². The summed E-state index contributed by atoms with van der Waals surface area (Å²) in [4.78, 5) is 0. The molecule has 0 saturated heterocycles. The van der Waals surface area contributed by atoms with Gasteiger partial charge in [-0.05, 0) is 17.9 Å². The van der Waals surface area contributed by atoms with Crippen molar-refractivity contribution in [1.29, 1.82) is 0 Å². The van der Waals surface area contributed by atoms with E-state index in [1.54, 1.807) is 0 Å². The van der Waals surface area contributed by atoms with E-state index in [1.807, 2.05) is 42.5 Å². The highest BCUT2D eigenvalue weighted by molar-refractivity contribution is 5.20. The molecule has 14 heavy (non-hydrogen) atoms. The van der Waals surface area contributed by atoms with Crippen LogP contribution < -0.4 is 0 Å². The third kappa shape index (κ3) is 3.75. The van der Waals surface area contributed by atoms with E-state index >= 15 is 0 Å². The van der Waals surface area contributed by atoms with Gasteiger partial charge in [-0.1, -0.05) is 56.3 Å². The fraction of sp³-hybridized carbons (Fsp3) is 0.385. The SMILES string of the molecule is CC(C)C/C=C\[C@@H](O)c1ccccc1. The van der Waals surface area contributed by atoms with E-state index in [4.69, 9.17) is 0 Å². The third-order valence-corrected chi connectivity index (χ3v) is 2.07. The molecule has 0 saturated carbocycles. The van der Waals surface area contributed by atoms with E-state index < -0.39 is 6.10 Å². The molecule has 76 valence electrons. The van der Waals surface area contributed by atoms with Gasteiger partial charge in [-0.25, -0.2) is 0 Å². The maximum absolute atomic E-state index is 9.75. The summed E-state index contributed by atoms with van der Waals surface area (Å²) in [6.07, 6.45) is 4.46. The van der Waals surface area contributed by atoms with Crippen LogP contribution in [0.15, 0.2) is 42.5 Å². The first kappa shape index (κ1) is 11.0. The minimum atomic E-state index is -0.463. The average molecular weight is 190 g/mol. The lowest BCUT2D eigenvalue weighted by molar-refractivity contribution is 0.228. The van der Waals surface area contributed by atoms with E-state index in [-0.39, 0.29) is 0 Å². The first-order valence-electron chi connectivity index (χ1n) is 5.10. The van der Waals surface area contributed by atoms with Crippen LogP contribution in [0.5, 0.6) is 0 Å². The molecule has 1 N–H and O–H groups in total. The predicted molar refractivity (Wildman–Crippen MR) is 60.0 cm³/mol. The van der Waals surface area contributed by atoms with Crippen molar-refractivity contribution in [2.45, 2.75) is 26.4 Å². The van der Waals surface area contributed by atoms with Gasteiger partial charge in [-0.15, -0.1) is 0 Å². The fourth-order valence-corrected chi connectivity index (χ4v) is 1.24. The van der Waals surface area contributed by atoms with Crippen LogP contribution in [-0.4, -0.2) is 5.11 Å². The highest BCUT2D eigenvalue weighted by atomic mass is 16.3. The first-order chi connectivity index (χ1) is 6.70. The van der Waals surface area contributed by atoms with Crippen molar-refractivity contribution in [2.24, 2.45) is 5.92 Å². The van der Waals surface area contributed by atoms with E-state index in [1.165, 1.54) is 0 Å². The van der Waals surface area contributed by atoms with E-state index in [0.29, 0.717) is 5.92 Å². The molecule has 1 atom stereocenters. The number of benzene rings is 1. The van der Waals surface area contributed by atoms with Gasteiger partial charge in [-0.2, -0.15) is 0 Å². The number of hydrogen-bond acceptors (Lipinski definition) is 1. The maximum Gasteiger partial charge on any atom is 0.0971 e. The topological polar surface area (TPSA) is 20.2 Å². The van der Waals surface area contributed by atoms with Crippen molar-refractivity contribution < 1.29 is 5.11 Å². The van der Waals surface area contributed by atoms with Crippen LogP contribution in [0.1, 0.15) is 31.9 Å². The highest BCUT2D eigenvalue weighted by Gasteiger charge is 2.00. The summed E-state index contributed by atoms with van der Waals surface area (Å²) < 4.78 is 0. The van der Waals surface area contributed by atoms with Gasteiger partial charge in [0.1, 0.15) is 0 Å². The van der Waals surface area contributed by atoms with Gasteiger partial charge >= 0.3 is 0 Å². The second kappa shape index (κ2) is 5.61. The van der Waals surface area contributed by atoms with E-state index in [9.17, 15) is 5.11 Å². The number of hydrogen-bond donors (Lipinski definition) is 1. The Hall–Kier alpha value is -1.08. The zero-order chi connectivity index (χ0) is 10.4. The molecule has 1 nitrogen and oxygen atoms in total. The number of aliphatic hydroxyl groups excluding tert-OH is 1. The second-order valence-electron chi connectivity index (χ2n) is 3.91. The largest absolute Gasteiger partial charge is 0.384 e. The molecule has 0 spiro atoms. The Kier molecular flexibility index (Phi) is 4.41. The fourth-order valence-electron chi connectivity index (χ4n) is 1.24. The lowest BCUT2D eigenvalue weighted by Gasteiger charge is -2.05. The van der Waals surface area contributed by atoms with Crippen molar-refractivity contribution in [3.05, 3.63) is 48.0 Å². The molecule has 0 heterocycles. The van der Waals surface area contributed by atoms with Gasteiger partial charge in [0.15, 0.2) is 0 Å². The zero-order valence-electron chi connectivity index (χ0n) is 8.85.